The molecule has 0 fully saturated rings. The van der Waals surface area contributed by atoms with E-state index >= 15 is 0 Å². The number of benzene rings is 1. The summed E-state index contributed by atoms with van der Waals surface area (Å²) >= 11 is 6.13. The number of anilines is 3. The van der Waals surface area contributed by atoms with Gasteiger partial charge in [-0.3, -0.25) is 4.79 Å². The Morgan fingerprint density at radius 1 is 1.28 bits per heavy atom. The van der Waals surface area contributed by atoms with Crippen molar-refractivity contribution in [2.45, 2.75) is 51.2 Å². The highest BCUT2D eigenvalue weighted by Crippen LogP contribution is 2.44. The van der Waals surface area contributed by atoms with Gasteiger partial charge in [0.05, 0.1) is 27.7 Å². The fourth-order valence-electron chi connectivity index (χ4n) is 4.14. The average molecular weight is 564 g/mol. The Kier molecular flexibility index (Phi) is 7.72. The summed E-state index contributed by atoms with van der Waals surface area (Å²) < 4.78 is 6.62. The molecule has 2 aromatic heterocycles. The number of fused-ring (bicyclic) bond motifs is 1. The quantitative estimate of drug-likeness (QED) is 0.305. The van der Waals surface area contributed by atoms with Crippen LogP contribution in [0.3, 0.4) is 0 Å². The van der Waals surface area contributed by atoms with Gasteiger partial charge in [-0.1, -0.05) is 39.3 Å². The first-order valence-corrected chi connectivity index (χ1v) is 16.0. The summed E-state index contributed by atoms with van der Waals surface area (Å²) in [6, 6.07) is 9.63. The van der Waals surface area contributed by atoms with Crippen molar-refractivity contribution < 1.29 is 9.22 Å². The Balaban J connectivity index is 1.69. The van der Waals surface area contributed by atoms with Gasteiger partial charge < -0.3 is 20.4 Å². The van der Waals surface area contributed by atoms with Crippen LogP contribution in [-0.2, 0) is 9.84 Å². The number of rotatable bonds is 7. The number of nitrogens with zero attached hydrogens (tertiary/aromatic N) is 4. The van der Waals surface area contributed by atoms with E-state index < -0.39 is 8.32 Å². The third kappa shape index (κ3) is 5.76. The molecule has 0 radical (unpaired) electrons. The predicted octanol–water partition coefficient (Wildman–Crippen LogP) is 5.87. The summed E-state index contributed by atoms with van der Waals surface area (Å²) in [5, 5.41) is 19.5. The Labute approximate surface area is 235 Å². The van der Waals surface area contributed by atoms with Gasteiger partial charge in [0, 0.05) is 43.6 Å². The van der Waals surface area contributed by atoms with Crippen molar-refractivity contribution in [1.29, 1.82) is 5.26 Å². The number of hydrogen-bond donors (Lipinski definition) is 3. The lowest BCUT2D eigenvalue weighted by molar-refractivity contribution is 0.0959. The summed E-state index contributed by atoms with van der Waals surface area (Å²) in [4.78, 5) is 25.4. The van der Waals surface area contributed by atoms with Gasteiger partial charge in [0.2, 0.25) is 5.95 Å². The lowest BCUT2D eigenvalue weighted by Crippen LogP contribution is -2.45. The molecular weight excluding hydrogens is 530 g/mol. The van der Waals surface area contributed by atoms with E-state index in [9.17, 15) is 10.1 Å². The van der Waals surface area contributed by atoms with Gasteiger partial charge in [0.15, 0.2) is 14.0 Å². The monoisotopic (exact) mass is 563 g/mol. The number of carbonyl (C=O) groups excluding carboxylic acids is 1. The summed E-state index contributed by atoms with van der Waals surface area (Å²) in [7, 11) is -0.441. The van der Waals surface area contributed by atoms with Crippen LogP contribution in [0.15, 0.2) is 36.7 Å². The van der Waals surface area contributed by atoms with Gasteiger partial charge in [-0.2, -0.15) is 5.26 Å². The first-order valence-electron chi connectivity index (χ1n) is 12.7. The molecule has 3 heterocycles. The molecule has 0 saturated carbocycles. The molecule has 0 bridgehead atoms. The topological polar surface area (TPSA) is 125 Å². The Morgan fingerprint density at radius 2 is 2.03 bits per heavy atom. The second-order valence-electron chi connectivity index (χ2n) is 11.5. The third-order valence-corrected chi connectivity index (χ3v) is 12.3. The van der Waals surface area contributed by atoms with Crippen LogP contribution in [0.2, 0.25) is 23.2 Å². The fourth-order valence-corrected chi connectivity index (χ4v) is 5.41. The van der Waals surface area contributed by atoms with Crippen LogP contribution in [-0.4, -0.2) is 49.4 Å². The molecule has 4 rings (SSSR count). The fraction of sp³-hybridized carbons (Fsp3) is 0.393. The van der Waals surface area contributed by atoms with Crippen molar-refractivity contribution in [3.05, 3.63) is 58.5 Å². The molecular formula is C28H34ClN7O2Si. The molecule has 0 aliphatic carbocycles. The number of nitriles is 1. The molecule has 1 amide bonds. The van der Waals surface area contributed by atoms with E-state index in [1.807, 2.05) is 6.07 Å². The molecule has 1 atom stereocenters. The van der Waals surface area contributed by atoms with Crippen molar-refractivity contribution in [3.8, 4) is 17.3 Å². The third-order valence-electron chi connectivity index (χ3n) is 7.62. The molecule has 0 saturated heterocycles. The smallest absolute Gasteiger partial charge is 0.271 e. The number of amides is 1. The van der Waals surface area contributed by atoms with Gasteiger partial charge in [-0.05, 0) is 48.0 Å². The maximum atomic E-state index is 12.3. The number of halogens is 1. The van der Waals surface area contributed by atoms with E-state index in [2.05, 4.69) is 83.8 Å². The van der Waals surface area contributed by atoms with Crippen molar-refractivity contribution in [2.24, 2.45) is 0 Å². The van der Waals surface area contributed by atoms with Gasteiger partial charge >= 0.3 is 0 Å². The average Bonchev–Trinajstić information content (AvgIpc) is 3.23. The number of carbonyl (C=O) groups is 1. The molecule has 204 valence electrons. The van der Waals surface area contributed by atoms with Crippen LogP contribution in [0.4, 0.5) is 17.3 Å². The van der Waals surface area contributed by atoms with E-state index in [0.717, 1.165) is 16.8 Å². The highest BCUT2D eigenvalue weighted by molar-refractivity contribution is 6.74. The van der Waals surface area contributed by atoms with Gasteiger partial charge in [-0.25, -0.2) is 15.0 Å². The van der Waals surface area contributed by atoms with Crippen LogP contribution in [0.5, 0.6) is 0 Å². The minimum absolute atomic E-state index is 0.0957. The summed E-state index contributed by atoms with van der Waals surface area (Å²) in [6.07, 6.45) is 3.03. The highest BCUT2D eigenvalue weighted by Gasteiger charge is 2.42. The van der Waals surface area contributed by atoms with Crippen molar-refractivity contribution >= 4 is 43.1 Å². The van der Waals surface area contributed by atoms with Crippen LogP contribution < -0.4 is 16.0 Å². The zero-order valence-corrected chi connectivity index (χ0v) is 25.1. The minimum atomic E-state index is -1.97. The normalized spacial score (nSPS) is 16.7. The summed E-state index contributed by atoms with van der Waals surface area (Å²) in [5.74, 6) is -0.0998. The van der Waals surface area contributed by atoms with Crippen molar-refractivity contribution in [1.82, 2.24) is 20.3 Å². The van der Waals surface area contributed by atoms with Crippen molar-refractivity contribution in [2.75, 3.05) is 30.8 Å². The van der Waals surface area contributed by atoms with Gasteiger partial charge in [0.1, 0.15) is 6.07 Å². The maximum Gasteiger partial charge on any atom is 0.271 e. The standard InChI is InChI=1S/C28H34ClN7O2Si/c1-27(2,3)39(6,7)38-16-28(4)15-34-23-18(13-30)10-17(11-20(23)28)21-8-9-32-26(35-21)36-22-12-19(29)14-33-24(22)25(37)31-5/h8-12,14,34H,15-16H2,1-7H3,(H,31,37)(H,32,35,36). The molecule has 11 heteroatoms. The maximum absolute atomic E-state index is 12.3. The van der Waals surface area contributed by atoms with Crippen molar-refractivity contribution in [3.63, 3.8) is 0 Å². The number of hydrogen-bond acceptors (Lipinski definition) is 8. The number of pyridine rings is 1. The van der Waals surface area contributed by atoms with E-state index in [-0.39, 0.29) is 28.0 Å². The van der Waals surface area contributed by atoms with E-state index in [4.69, 9.17) is 16.0 Å². The largest absolute Gasteiger partial charge is 0.416 e. The highest BCUT2D eigenvalue weighted by atomic mass is 35.5. The zero-order chi connectivity index (χ0) is 28.6. The second kappa shape index (κ2) is 10.6. The van der Waals surface area contributed by atoms with Gasteiger partial charge in [-0.15, -0.1) is 0 Å². The summed E-state index contributed by atoms with van der Waals surface area (Å²) in [6.45, 7) is 14.6. The molecule has 0 spiro atoms. The predicted molar refractivity (Wildman–Crippen MR) is 157 cm³/mol. The Hall–Kier alpha value is -3.52. The van der Waals surface area contributed by atoms with E-state index in [1.165, 1.54) is 13.2 Å². The minimum Gasteiger partial charge on any atom is -0.416 e. The summed E-state index contributed by atoms with van der Waals surface area (Å²) in [5.41, 5.74) is 4.08. The molecule has 1 unspecified atom stereocenters. The van der Waals surface area contributed by atoms with E-state index in [1.54, 1.807) is 18.3 Å². The molecule has 1 aliphatic heterocycles. The zero-order valence-electron chi connectivity index (χ0n) is 23.4. The molecule has 3 N–H and O–H groups in total. The van der Waals surface area contributed by atoms with Crippen LogP contribution in [0, 0.1) is 11.3 Å². The molecule has 1 aromatic carbocycles. The Bertz CT molecular complexity index is 1470. The lowest BCUT2D eigenvalue weighted by atomic mass is 9.83. The molecule has 9 nitrogen and oxygen atoms in total. The number of nitrogens with one attached hydrogen (secondary N) is 3. The van der Waals surface area contributed by atoms with Gasteiger partial charge in [0.25, 0.3) is 5.91 Å². The second-order valence-corrected chi connectivity index (χ2v) is 16.8. The molecule has 3 aromatic rings. The number of aromatic nitrogens is 3. The first-order chi connectivity index (χ1) is 18.3. The van der Waals surface area contributed by atoms with Crippen LogP contribution >= 0.6 is 11.6 Å². The van der Waals surface area contributed by atoms with E-state index in [0.29, 0.717) is 35.1 Å². The molecule has 39 heavy (non-hydrogen) atoms. The van der Waals surface area contributed by atoms with Crippen LogP contribution in [0.25, 0.3) is 11.3 Å². The lowest BCUT2D eigenvalue weighted by Gasteiger charge is -2.39. The molecule has 1 aliphatic rings. The SMILES string of the molecule is CNC(=O)c1ncc(Cl)cc1Nc1nccc(-c2cc(C#N)c3c(c2)C(C)(CO[Si](C)(C)C(C)(C)C)CN3)n1. The van der Waals surface area contributed by atoms with Crippen LogP contribution in [0.1, 0.15) is 49.3 Å². The first kappa shape index (κ1) is 28.5. The Morgan fingerprint density at radius 3 is 2.69 bits per heavy atom.